The van der Waals surface area contributed by atoms with E-state index in [1.165, 1.54) is 7.11 Å². The van der Waals surface area contributed by atoms with E-state index in [0.29, 0.717) is 25.8 Å². The largest absolute Gasteiger partial charge is 0.453 e. The van der Waals surface area contributed by atoms with Crippen LogP contribution in [-0.2, 0) is 28.2 Å². The molecule has 0 radical (unpaired) electrons. The first-order valence-electron chi connectivity index (χ1n) is 9.17. The van der Waals surface area contributed by atoms with Gasteiger partial charge in [0.25, 0.3) is 0 Å². The highest BCUT2D eigenvalue weighted by atomic mass is 32.2. The molecular weight excluding hydrogens is 380 g/mol. The Balaban J connectivity index is 1.89. The smallest absolute Gasteiger partial charge is 0.409 e. The number of carbonyl (C=O) groups excluding carboxylic acids is 1. The Morgan fingerprint density at radius 1 is 1.36 bits per heavy atom. The molecule has 1 aliphatic rings. The van der Waals surface area contributed by atoms with E-state index in [2.05, 4.69) is 9.82 Å². The zero-order valence-corrected chi connectivity index (χ0v) is 17.1. The van der Waals surface area contributed by atoms with Gasteiger partial charge in [-0.1, -0.05) is 18.2 Å². The summed E-state index contributed by atoms with van der Waals surface area (Å²) in [4.78, 5) is 13.9. The fourth-order valence-electron chi connectivity index (χ4n) is 3.73. The summed E-state index contributed by atoms with van der Waals surface area (Å²) >= 11 is 0. The number of sulfonamides is 1. The van der Waals surface area contributed by atoms with Crippen molar-refractivity contribution in [3.8, 4) is 11.3 Å². The maximum Gasteiger partial charge on any atom is 0.409 e. The summed E-state index contributed by atoms with van der Waals surface area (Å²) < 4.78 is 33.0. The van der Waals surface area contributed by atoms with Crippen LogP contribution in [0.4, 0.5) is 4.79 Å². The van der Waals surface area contributed by atoms with E-state index in [-0.39, 0.29) is 12.1 Å². The van der Waals surface area contributed by atoms with Gasteiger partial charge in [-0.05, 0) is 37.0 Å². The van der Waals surface area contributed by atoms with Crippen molar-refractivity contribution in [2.75, 3.05) is 19.9 Å². The van der Waals surface area contributed by atoms with Gasteiger partial charge in [-0.3, -0.25) is 4.68 Å². The van der Waals surface area contributed by atoms with E-state index in [9.17, 15) is 13.2 Å². The van der Waals surface area contributed by atoms with E-state index >= 15 is 0 Å². The summed E-state index contributed by atoms with van der Waals surface area (Å²) in [5.74, 6) is 0. The van der Waals surface area contributed by atoms with Crippen molar-refractivity contribution in [1.29, 1.82) is 0 Å². The fraction of sp³-hybridized carbons (Fsp3) is 0.474. The number of nitrogens with zero attached hydrogens (tertiary/aromatic N) is 3. The lowest BCUT2D eigenvalue weighted by atomic mass is 9.91. The van der Waals surface area contributed by atoms with Crippen LogP contribution in [0.25, 0.3) is 11.3 Å². The van der Waals surface area contributed by atoms with Crippen molar-refractivity contribution >= 4 is 16.1 Å². The van der Waals surface area contributed by atoms with Gasteiger partial charge in [-0.15, -0.1) is 0 Å². The average molecular weight is 407 g/mol. The number of methoxy groups -OCH3 is 1. The second-order valence-electron chi connectivity index (χ2n) is 7.15. The van der Waals surface area contributed by atoms with Crippen LogP contribution in [0.3, 0.4) is 0 Å². The number of ether oxygens (including phenoxy) is 1. The van der Waals surface area contributed by atoms with Crippen molar-refractivity contribution in [2.45, 2.75) is 31.3 Å². The molecule has 152 valence electrons. The number of aryl methyl sites for hydroxylation is 1. The molecule has 3 rings (SSSR count). The number of rotatable bonds is 5. The monoisotopic (exact) mass is 406 g/mol. The highest BCUT2D eigenvalue weighted by Gasteiger charge is 2.36. The molecule has 1 amide bonds. The van der Waals surface area contributed by atoms with Crippen LogP contribution in [0, 0.1) is 0 Å². The SMILES string of the molecule is COC(=O)N1CCC[C@@H](NS(C)(=O)=O)[C@H]1Cc1cccc(-c2ccn(C)n2)c1. The summed E-state index contributed by atoms with van der Waals surface area (Å²) in [7, 11) is -0.187. The van der Waals surface area contributed by atoms with Gasteiger partial charge < -0.3 is 9.64 Å². The zero-order valence-electron chi connectivity index (χ0n) is 16.3. The summed E-state index contributed by atoms with van der Waals surface area (Å²) in [5, 5.41) is 4.43. The Labute approximate surface area is 165 Å². The molecule has 2 aromatic rings. The highest BCUT2D eigenvalue weighted by molar-refractivity contribution is 7.88. The van der Waals surface area contributed by atoms with E-state index < -0.39 is 16.1 Å². The standard InChI is InChI=1S/C19H26N4O4S/c1-22-11-9-16(20-22)15-7-4-6-14(12-15)13-18-17(21-28(3,25)26)8-5-10-23(18)19(24)27-2/h4,6-7,9,11-12,17-18,21H,5,8,10,13H2,1-3H3/t17-,18-/m1/s1. The molecule has 0 bridgehead atoms. The van der Waals surface area contributed by atoms with Crippen LogP contribution in [0.1, 0.15) is 18.4 Å². The predicted octanol–water partition coefficient (Wildman–Crippen LogP) is 1.78. The number of benzene rings is 1. The maximum atomic E-state index is 12.3. The second kappa shape index (κ2) is 8.32. The van der Waals surface area contributed by atoms with Gasteiger partial charge in [0.1, 0.15) is 0 Å². The molecule has 9 heteroatoms. The Bertz CT molecular complexity index is 941. The third-order valence-electron chi connectivity index (χ3n) is 4.93. The maximum absolute atomic E-state index is 12.3. The van der Waals surface area contributed by atoms with Gasteiger partial charge in [0, 0.05) is 31.4 Å². The van der Waals surface area contributed by atoms with Crippen molar-refractivity contribution in [3.63, 3.8) is 0 Å². The molecule has 2 atom stereocenters. The Morgan fingerprint density at radius 3 is 2.79 bits per heavy atom. The van der Waals surface area contributed by atoms with Crippen LogP contribution in [0.15, 0.2) is 36.5 Å². The number of nitrogens with one attached hydrogen (secondary N) is 1. The number of aromatic nitrogens is 2. The van der Waals surface area contributed by atoms with E-state index in [1.807, 2.05) is 43.6 Å². The molecule has 1 saturated heterocycles. The fourth-order valence-corrected chi connectivity index (χ4v) is 4.56. The average Bonchev–Trinajstić information content (AvgIpc) is 3.08. The van der Waals surface area contributed by atoms with E-state index in [1.54, 1.807) is 9.58 Å². The number of amides is 1. The van der Waals surface area contributed by atoms with Crippen LogP contribution in [-0.4, -0.2) is 61.2 Å². The van der Waals surface area contributed by atoms with Crippen LogP contribution >= 0.6 is 0 Å². The minimum absolute atomic E-state index is 0.324. The third kappa shape index (κ3) is 4.90. The molecule has 2 heterocycles. The van der Waals surface area contributed by atoms with Crippen LogP contribution in [0.5, 0.6) is 0 Å². The minimum atomic E-state index is -3.39. The summed E-state index contributed by atoms with van der Waals surface area (Å²) in [6.45, 7) is 0.541. The van der Waals surface area contributed by atoms with Crippen molar-refractivity contribution in [3.05, 3.63) is 42.1 Å². The lowest BCUT2D eigenvalue weighted by Gasteiger charge is -2.40. The van der Waals surface area contributed by atoms with E-state index in [0.717, 1.165) is 23.1 Å². The Morgan fingerprint density at radius 2 is 2.14 bits per heavy atom. The first-order chi connectivity index (χ1) is 13.3. The second-order valence-corrected chi connectivity index (χ2v) is 8.93. The van der Waals surface area contributed by atoms with Crippen LogP contribution in [0.2, 0.25) is 0 Å². The predicted molar refractivity (Wildman–Crippen MR) is 106 cm³/mol. The first kappa shape index (κ1) is 20.3. The van der Waals surface area contributed by atoms with Crippen molar-refractivity contribution < 1.29 is 17.9 Å². The third-order valence-corrected chi connectivity index (χ3v) is 5.67. The molecule has 0 spiro atoms. The van der Waals surface area contributed by atoms with Gasteiger partial charge >= 0.3 is 6.09 Å². The zero-order chi connectivity index (χ0) is 20.3. The minimum Gasteiger partial charge on any atom is -0.453 e. The lowest BCUT2D eigenvalue weighted by Crippen LogP contribution is -2.57. The van der Waals surface area contributed by atoms with Gasteiger partial charge in [0.15, 0.2) is 0 Å². The molecule has 0 aliphatic carbocycles. The summed E-state index contributed by atoms with van der Waals surface area (Å²) in [6, 6.07) is 9.20. The molecule has 0 unspecified atom stereocenters. The summed E-state index contributed by atoms with van der Waals surface area (Å²) in [6.07, 6.45) is 4.49. The number of carbonyl (C=O) groups is 1. The molecule has 1 N–H and O–H groups in total. The van der Waals surface area contributed by atoms with Crippen molar-refractivity contribution in [2.24, 2.45) is 7.05 Å². The molecule has 0 saturated carbocycles. The number of hydrogen-bond acceptors (Lipinski definition) is 5. The number of hydrogen-bond donors (Lipinski definition) is 1. The number of likely N-dealkylation sites (tertiary alicyclic amines) is 1. The molecule has 1 aliphatic heterocycles. The van der Waals surface area contributed by atoms with E-state index in [4.69, 9.17) is 4.74 Å². The topological polar surface area (TPSA) is 93.5 Å². The molecule has 1 aromatic heterocycles. The lowest BCUT2D eigenvalue weighted by molar-refractivity contribution is 0.0792. The van der Waals surface area contributed by atoms with Gasteiger partial charge in [0.2, 0.25) is 10.0 Å². The first-order valence-corrected chi connectivity index (χ1v) is 11.1. The van der Waals surface area contributed by atoms with Gasteiger partial charge in [0.05, 0.1) is 25.1 Å². The quantitative estimate of drug-likeness (QED) is 0.817. The normalized spacial score (nSPS) is 20.2. The molecular formula is C19H26N4O4S. The van der Waals surface area contributed by atoms with Gasteiger partial charge in [-0.25, -0.2) is 17.9 Å². The summed E-state index contributed by atoms with van der Waals surface area (Å²) in [5.41, 5.74) is 2.85. The molecule has 28 heavy (non-hydrogen) atoms. The Kier molecular flexibility index (Phi) is 6.04. The van der Waals surface area contributed by atoms with Gasteiger partial charge in [-0.2, -0.15) is 5.10 Å². The molecule has 1 fully saturated rings. The molecule has 8 nitrogen and oxygen atoms in total. The highest BCUT2D eigenvalue weighted by Crippen LogP contribution is 2.25. The van der Waals surface area contributed by atoms with Crippen LogP contribution < -0.4 is 4.72 Å². The molecule has 1 aromatic carbocycles. The Hall–Kier alpha value is -2.39. The number of piperidine rings is 1. The van der Waals surface area contributed by atoms with Crippen molar-refractivity contribution in [1.82, 2.24) is 19.4 Å².